The van der Waals surface area contributed by atoms with Crippen molar-refractivity contribution < 1.29 is 9.59 Å². The molecule has 17 heavy (non-hydrogen) atoms. The molecule has 0 radical (unpaired) electrons. The number of carbonyl (C=O) groups is 2. The van der Waals surface area contributed by atoms with E-state index in [2.05, 4.69) is 6.92 Å². The number of ketones is 2. The van der Waals surface area contributed by atoms with Crippen molar-refractivity contribution in [3.63, 3.8) is 0 Å². The van der Waals surface area contributed by atoms with E-state index in [1.807, 2.05) is 6.07 Å². The smallest absolute Gasteiger partial charge is 0.228 e. The third-order valence-electron chi connectivity index (χ3n) is 2.80. The molecule has 0 saturated heterocycles. The lowest BCUT2D eigenvalue weighted by molar-refractivity contribution is -0.115. The lowest BCUT2D eigenvalue weighted by Crippen LogP contribution is -2.13. The van der Waals surface area contributed by atoms with Gasteiger partial charge in [-0.15, -0.1) is 0 Å². The lowest BCUT2D eigenvalue weighted by atomic mass is 10.0. The van der Waals surface area contributed by atoms with Gasteiger partial charge in [-0.25, -0.2) is 0 Å². The Hall–Kier alpha value is -1.44. The molecule has 0 saturated carbocycles. The van der Waals surface area contributed by atoms with Gasteiger partial charge in [-0.3, -0.25) is 9.59 Å². The summed E-state index contributed by atoms with van der Waals surface area (Å²) in [5, 5.41) is 0. The summed E-state index contributed by atoms with van der Waals surface area (Å²) in [6.07, 6.45) is 5.82. The van der Waals surface area contributed by atoms with E-state index < -0.39 is 0 Å². The Bertz CT molecular complexity index is 354. The fraction of sp³-hybridized carbons (Fsp3) is 0.467. The molecule has 0 N–H and O–H groups in total. The molecular weight excluding hydrogens is 212 g/mol. The van der Waals surface area contributed by atoms with Crippen molar-refractivity contribution in [1.29, 1.82) is 0 Å². The maximum atomic E-state index is 11.7. The Morgan fingerprint density at radius 3 is 2.24 bits per heavy atom. The van der Waals surface area contributed by atoms with Crippen molar-refractivity contribution in [2.45, 2.75) is 45.4 Å². The average Bonchev–Trinajstić information content (AvgIpc) is 2.38. The van der Waals surface area contributed by atoms with E-state index >= 15 is 0 Å². The standard InChI is InChI=1S/C15H20O2/c1-2-3-4-5-9-12-14(16)15(17)13-10-7-6-8-11-13/h6-8,10-11H,2-5,9,12H2,1H3. The Morgan fingerprint density at radius 2 is 1.59 bits per heavy atom. The van der Waals surface area contributed by atoms with Crippen LogP contribution in [-0.2, 0) is 4.79 Å². The summed E-state index contributed by atoms with van der Waals surface area (Å²) in [4.78, 5) is 23.3. The summed E-state index contributed by atoms with van der Waals surface area (Å²) >= 11 is 0. The Morgan fingerprint density at radius 1 is 0.941 bits per heavy atom. The van der Waals surface area contributed by atoms with E-state index in [1.54, 1.807) is 24.3 Å². The summed E-state index contributed by atoms with van der Waals surface area (Å²) < 4.78 is 0. The number of unbranched alkanes of at least 4 members (excludes halogenated alkanes) is 4. The minimum Gasteiger partial charge on any atom is -0.290 e. The van der Waals surface area contributed by atoms with Gasteiger partial charge in [0.05, 0.1) is 0 Å². The van der Waals surface area contributed by atoms with Crippen LogP contribution < -0.4 is 0 Å². The van der Waals surface area contributed by atoms with E-state index in [-0.39, 0.29) is 11.6 Å². The maximum Gasteiger partial charge on any atom is 0.228 e. The molecule has 1 aromatic rings. The fourth-order valence-corrected chi connectivity index (χ4v) is 1.75. The molecule has 0 aliphatic rings. The number of rotatable bonds is 8. The van der Waals surface area contributed by atoms with Crippen LogP contribution in [-0.4, -0.2) is 11.6 Å². The third-order valence-corrected chi connectivity index (χ3v) is 2.80. The van der Waals surface area contributed by atoms with Crippen molar-refractivity contribution >= 4 is 11.6 Å². The zero-order valence-electron chi connectivity index (χ0n) is 10.4. The zero-order chi connectivity index (χ0) is 12.5. The SMILES string of the molecule is CCCCCCCC(=O)C(=O)c1ccccc1. The first kappa shape index (κ1) is 13.6. The molecule has 1 aromatic carbocycles. The molecule has 0 aliphatic heterocycles. The van der Waals surface area contributed by atoms with E-state index in [1.165, 1.54) is 12.8 Å². The molecular formula is C15H20O2. The molecule has 0 spiro atoms. The largest absolute Gasteiger partial charge is 0.290 e. The first-order valence-corrected chi connectivity index (χ1v) is 6.38. The van der Waals surface area contributed by atoms with Gasteiger partial charge in [-0.1, -0.05) is 62.9 Å². The van der Waals surface area contributed by atoms with E-state index in [4.69, 9.17) is 0 Å². The molecule has 92 valence electrons. The van der Waals surface area contributed by atoms with Gasteiger partial charge in [0.1, 0.15) is 0 Å². The van der Waals surface area contributed by atoms with Gasteiger partial charge in [0.15, 0.2) is 0 Å². The van der Waals surface area contributed by atoms with Crippen LogP contribution in [0.15, 0.2) is 30.3 Å². The minimum atomic E-state index is -0.346. The molecule has 2 nitrogen and oxygen atoms in total. The summed E-state index contributed by atoms with van der Waals surface area (Å²) in [6.45, 7) is 2.16. The highest BCUT2D eigenvalue weighted by Crippen LogP contribution is 2.08. The first-order chi connectivity index (χ1) is 8.25. The maximum absolute atomic E-state index is 11.7. The van der Waals surface area contributed by atoms with Crippen molar-refractivity contribution in [3.05, 3.63) is 35.9 Å². The van der Waals surface area contributed by atoms with Crippen LogP contribution in [0, 0.1) is 0 Å². The van der Waals surface area contributed by atoms with E-state index in [9.17, 15) is 9.59 Å². The van der Waals surface area contributed by atoms with Crippen molar-refractivity contribution in [3.8, 4) is 0 Å². The summed E-state index contributed by atoms with van der Waals surface area (Å²) in [5.41, 5.74) is 0.506. The van der Waals surface area contributed by atoms with Crippen LogP contribution in [0.25, 0.3) is 0 Å². The second-order valence-electron chi connectivity index (χ2n) is 4.28. The van der Waals surface area contributed by atoms with Gasteiger partial charge in [0.25, 0.3) is 0 Å². The van der Waals surface area contributed by atoms with Crippen LogP contribution >= 0.6 is 0 Å². The molecule has 0 aliphatic carbocycles. The highest BCUT2D eigenvalue weighted by atomic mass is 16.2. The zero-order valence-corrected chi connectivity index (χ0v) is 10.4. The number of hydrogen-bond donors (Lipinski definition) is 0. The average molecular weight is 232 g/mol. The normalized spacial score (nSPS) is 10.2. The summed E-state index contributed by atoms with van der Waals surface area (Å²) in [7, 11) is 0. The molecule has 2 heteroatoms. The van der Waals surface area contributed by atoms with Gasteiger partial charge in [-0.05, 0) is 6.42 Å². The van der Waals surface area contributed by atoms with E-state index in [0.717, 1.165) is 19.3 Å². The van der Waals surface area contributed by atoms with Gasteiger partial charge in [0, 0.05) is 12.0 Å². The highest BCUT2D eigenvalue weighted by Gasteiger charge is 2.14. The number of Topliss-reactive ketones (excluding diaryl/α,β-unsaturated/α-hetero) is 2. The Balaban J connectivity index is 2.31. The van der Waals surface area contributed by atoms with Gasteiger partial charge in [-0.2, -0.15) is 0 Å². The molecule has 0 heterocycles. The second-order valence-corrected chi connectivity index (χ2v) is 4.28. The molecule has 0 unspecified atom stereocenters. The van der Waals surface area contributed by atoms with Crippen LogP contribution in [0.4, 0.5) is 0 Å². The van der Waals surface area contributed by atoms with Crippen molar-refractivity contribution in [1.82, 2.24) is 0 Å². The van der Waals surface area contributed by atoms with Crippen molar-refractivity contribution in [2.75, 3.05) is 0 Å². The predicted molar refractivity (Wildman–Crippen MR) is 69.2 cm³/mol. The van der Waals surface area contributed by atoms with Gasteiger partial charge in [0.2, 0.25) is 11.6 Å². The Kier molecular flexibility index (Phi) is 6.23. The van der Waals surface area contributed by atoms with Crippen molar-refractivity contribution in [2.24, 2.45) is 0 Å². The fourth-order valence-electron chi connectivity index (χ4n) is 1.75. The molecule has 0 amide bonds. The number of carbonyl (C=O) groups excluding carboxylic acids is 2. The molecule has 0 fully saturated rings. The monoisotopic (exact) mass is 232 g/mol. The van der Waals surface area contributed by atoms with Gasteiger partial charge < -0.3 is 0 Å². The van der Waals surface area contributed by atoms with Crippen LogP contribution in [0.1, 0.15) is 55.8 Å². The predicted octanol–water partition coefficient (Wildman–Crippen LogP) is 3.80. The highest BCUT2D eigenvalue weighted by molar-refractivity contribution is 6.43. The topological polar surface area (TPSA) is 34.1 Å². The van der Waals surface area contributed by atoms with Crippen LogP contribution in [0.5, 0.6) is 0 Å². The molecule has 0 atom stereocenters. The third kappa shape index (κ3) is 4.94. The molecule has 0 bridgehead atoms. The molecule has 0 aromatic heterocycles. The van der Waals surface area contributed by atoms with E-state index in [0.29, 0.717) is 12.0 Å². The first-order valence-electron chi connectivity index (χ1n) is 6.38. The lowest BCUT2D eigenvalue weighted by Gasteiger charge is -2.00. The van der Waals surface area contributed by atoms with Crippen LogP contribution in [0.2, 0.25) is 0 Å². The Labute approximate surface area is 103 Å². The summed E-state index contributed by atoms with van der Waals surface area (Å²) in [6, 6.07) is 8.78. The second kappa shape index (κ2) is 7.77. The number of benzene rings is 1. The summed E-state index contributed by atoms with van der Waals surface area (Å²) in [5.74, 6) is -0.603. The minimum absolute atomic E-state index is 0.257. The molecule has 1 rings (SSSR count). The quantitative estimate of drug-likeness (QED) is 0.388. The van der Waals surface area contributed by atoms with Crippen LogP contribution in [0.3, 0.4) is 0 Å². The van der Waals surface area contributed by atoms with Gasteiger partial charge >= 0.3 is 0 Å². The number of hydrogen-bond acceptors (Lipinski definition) is 2.